The van der Waals surface area contributed by atoms with Gasteiger partial charge in [-0.2, -0.15) is 0 Å². The van der Waals surface area contributed by atoms with Crippen molar-refractivity contribution in [3.63, 3.8) is 0 Å². The molecule has 0 aliphatic carbocycles. The normalized spacial score (nSPS) is 12.6. The number of pyridine rings is 1. The maximum atomic E-state index is 6.08. The summed E-state index contributed by atoms with van der Waals surface area (Å²) in [7, 11) is -1.62. The van der Waals surface area contributed by atoms with Crippen LogP contribution in [0.4, 0.5) is 5.82 Å². The minimum Gasteiger partial charge on any atom is -0.415 e. The van der Waals surface area contributed by atoms with Crippen molar-refractivity contribution in [2.24, 2.45) is 0 Å². The SMILES string of the molecule is CC(C)(C)[Si](C)(C)OCCNc1cc(Br)ccn1. The fourth-order valence-corrected chi connectivity index (χ4v) is 2.58. The van der Waals surface area contributed by atoms with Gasteiger partial charge in [-0.05, 0) is 30.3 Å². The van der Waals surface area contributed by atoms with Crippen LogP contribution in [0.3, 0.4) is 0 Å². The zero-order chi connectivity index (χ0) is 13.8. The van der Waals surface area contributed by atoms with Crippen LogP contribution in [0.1, 0.15) is 20.8 Å². The molecule has 0 atom stereocenters. The third kappa shape index (κ3) is 4.70. The Kier molecular flexibility index (Phi) is 5.37. The van der Waals surface area contributed by atoms with Crippen molar-refractivity contribution >= 4 is 30.1 Å². The number of nitrogens with one attached hydrogen (secondary N) is 1. The van der Waals surface area contributed by atoms with Gasteiger partial charge in [0.2, 0.25) is 0 Å². The van der Waals surface area contributed by atoms with E-state index in [1.54, 1.807) is 6.20 Å². The van der Waals surface area contributed by atoms with Crippen LogP contribution in [0.15, 0.2) is 22.8 Å². The summed E-state index contributed by atoms with van der Waals surface area (Å²) in [6.45, 7) is 12.8. The lowest BCUT2D eigenvalue weighted by Gasteiger charge is -2.36. The summed E-state index contributed by atoms with van der Waals surface area (Å²) in [5.74, 6) is 0.878. The first-order chi connectivity index (χ1) is 8.22. The second-order valence-corrected chi connectivity index (χ2v) is 11.6. The molecule has 0 amide bonds. The van der Waals surface area contributed by atoms with Gasteiger partial charge in [0, 0.05) is 17.2 Å². The third-order valence-electron chi connectivity index (χ3n) is 3.40. The van der Waals surface area contributed by atoms with E-state index in [1.165, 1.54) is 0 Å². The molecule has 1 heterocycles. The van der Waals surface area contributed by atoms with Crippen LogP contribution in [-0.4, -0.2) is 26.5 Å². The fourth-order valence-electron chi connectivity index (χ4n) is 1.20. The van der Waals surface area contributed by atoms with E-state index in [0.29, 0.717) is 0 Å². The topological polar surface area (TPSA) is 34.1 Å². The van der Waals surface area contributed by atoms with Crippen molar-refractivity contribution in [2.75, 3.05) is 18.5 Å². The number of hydrogen-bond acceptors (Lipinski definition) is 3. The Morgan fingerprint density at radius 2 is 2.06 bits per heavy atom. The van der Waals surface area contributed by atoms with Crippen LogP contribution in [0.2, 0.25) is 18.1 Å². The molecule has 102 valence electrons. The highest BCUT2D eigenvalue weighted by Gasteiger charge is 2.36. The Labute approximate surface area is 120 Å². The molecule has 0 unspecified atom stereocenters. The lowest BCUT2D eigenvalue weighted by atomic mass is 10.2. The van der Waals surface area contributed by atoms with Gasteiger partial charge in [-0.15, -0.1) is 0 Å². The van der Waals surface area contributed by atoms with E-state index < -0.39 is 8.32 Å². The Morgan fingerprint density at radius 1 is 1.39 bits per heavy atom. The van der Waals surface area contributed by atoms with Crippen molar-refractivity contribution in [3.8, 4) is 0 Å². The summed E-state index contributed by atoms with van der Waals surface area (Å²) < 4.78 is 7.12. The van der Waals surface area contributed by atoms with Gasteiger partial charge in [-0.3, -0.25) is 0 Å². The second kappa shape index (κ2) is 6.17. The van der Waals surface area contributed by atoms with Gasteiger partial charge in [0.1, 0.15) is 5.82 Å². The van der Waals surface area contributed by atoms with Gasteiger partial charge < -0.3 is 9.74 Å². The van der Waals surface area contributed by atoms with Crippen LogP contribution in [0, 0.1) is 0 Å². The van der Waals surface area contributed by atoms with Crippen molar-refractivity contribution in [2.45, 2.75) is 38.9 Å². The number of anilines is 1. The van der Waals surface area contributed by atoms with Crippen molar-refractivity contribution in [1.29, 1.82) is 0 Å². The Hall–Kier alpha value is -0.393. The zero-order valence-electron chi connectivity index (χ0n) is 11.9. The van der Waals surface area contributed by atoms with Crippen LogP contribution >= 0.6 is 15.9 Å². The summed E-state index contributed by atoms with van der Waals surface area (Å²) in [5.41, 5.74) is 0. The summed E-state index contributed by atoms with van der Waals surface area (Å²) in [6.07, 6.45) is 1.78. The molecule has 0 radical (unpaired) electrons. The molecule has 0 aromatic carbocycles. The van der Waals surface area contributed by atoms with E-state index in [2.05, 4.69) is 60.1 Å². The Balaban J connectivity index is 2.35. The molecule has 5 heteroatoms. The number of aromatic nitrogens is 1. The molecule has 1 N–H and O–H groups in total. The molecule has 18 heavy (non-hydrogen) atoms. The molecule has 0 saturated heterocycles. The van der Waals surface area contributed by atoms with E-state index in [9.17, 15) is 0 Å². The predicted molar refractivity (Wildman–Crippen MR) is 83.6 cm³/mol. The predicted octanol–water partition coefficient (Wildman–Crippen LogP) is 4.28. The van der Waals surface area contributed by atoms with E-state index in [1.807, 2.05) is 12.1 Å². The number of rotatable bonds is 5. The van der Waals surface area contributed by atoms with E-state index in [-0.39, 0.29) is 5.04 Å². The fraction of sp³-hybridized carbons (Fsp3) is 0.615. The van der Waals surface area contributed by atoms with Gasteiger partial charge >= 0.3 is 0 Å². The lowest BCUT2D eigenvalue weighted by Crippen LogP contribution is -2.41. The molecular weight excluding hydrogens is 308 g/mol. The van der Waals surface area contributed by atoms with Crippen LogP contribution in [0.5, 0.6) is 0 Å². The first kappa shape index (κ1) is 15.7. The number of halogens is 1. The average molecular weight is 331 g/mol. The monoisotopic (exact) mass is 330 g/mol. The van der Waals surface area contributed by atoms with E-state index in [4.69, 9.17) is 4.43 Å². The quantitative estimate of drug-likeness (QED) is 0.646. The molecule has 0 fully saturated rings. The molecule has 0 saturated carbocycles. The summed E-state index contributed by atoms with van der Waals surface area (Å²) >= 11 is 3.42. The Morgan fingerprint density at radius 3 is 2.61 bits per heavy atom. The highest BCUT2D eigenvalue weighted by atomic mass is 79.9. The van der Waals surface area contributed by atoms with Crippen molar-refractivity contribution < 1.29 is 4.43 Å². The van der Waals surface area contributed by atoms with Gasteiger partial charge in [-0.25, -0.2) is 4.98 Å². The maximum absolute atomic E-state index is 6.08. The lowest BCUT2D eigenvalue weighted by molar-refractivity contribution is 0.301. The summed E-state index contributed by atoms with van der Waals surface area (Å²) in [5, 5.41) is 3.53. The summed E-state index contributed by atoms with van der Waals surface area (Å²) in [6, 6.07) is 3.88. The van der Waals surface area contributed by atoms with Gasteiger partial charge in [0.25, 0.3) is 0 Å². The minimum atomic E-state index is -1.62. The molecule has 3 nitrogen and oxygen atoms in total. The van der Waals surface area contributed by atoms with E-state index >= 15 is 0 Å². The third-order valence-corrected chi connectivity index (χ3v) is 8.43. The standard InChI is InChI=1S/C13H23BrN2OSi/c1-13(2,3)18(4,5)17-9-8-16-12-10-11(14)6-7-15-12/h6-7,10H,8-9H2,1-5H3,(H,15,16). The molecule has 0 aliphatic heterocycles. The largest absolute Gasteiger partial charge is 0.415 e. The van der Waals surface area contributed by atoms with Gasteiger partial charge in [-0.1, -0.05) is 36.7 Å². The highest BCUT2D eigenvalue weighted by molar-refractivity contribution is 9.10. The first-order valence-electron chi connectivity index (χ1n) is 6.22. The smallest absolute Gasteiger partial charge is 0.192 e. The Bertz CT molecular complexity index is 391. The molecule has 1 rings (SSSR count). The van der Waals surface area contributed by atoms with Gasteiger partial charge in [0.05, 0.1) is 6.61 Å². The second-order valence-electron chi connectivity index (χ2n) is 5.89. The van der Waals surface area contributed by atoms with Crippen molar-refractivity contribution in [1.82, 2.24) is 4.98 Å². The average Bonchev–Trinajstić information content (AvgIpc) is 2.23. The maximum Gasteiger partial charge on any atom is 0.192 e. The molecule has 1 aromatic heterocycles. The number of nitrogens with zero attached hydrogens (tertiary/aromatic N) is 1. The van der Waals surface area contributed by atoms with Gasteiger partial charge in [0.15, 0.2) is 8.32 Å². The van der Waals surface area contributed by atoms with E-state index in [0.717, 1.165) is 23.4 Å². The molecule has 1 aromatic rings. The summed E-state index contributed by atoms with van der Waals surface area (Å²) in [4.78, 5) is 4.24. The molecule has 0 bridgehead atoms. The minimum absolute atomic E-state index is 0.265. The number of hydrogen-bond donors (Lipinski definition) is 1. The molecular formula is C13H23BrN2OSi. The first-order valence-corrected chi connectivity index (χ1v) is 9.92. The molecule has 0 aliphatic rings. The zero-order valence-corrected chi connectivity index (χ0v) is 14.5. The van der Waals surface area contributed by atoms with Crippen LogP contribution in [-0.2, 0) is 4.43 Å². The van der Waals surface area contributed by atoms with Crippen LogP contribution < -0.4 is 5.32 Å². The van der Waals surface area contributed by atoms with Crippen LogP contribution in [0.25, 0.3) is 0 Å². The molecule has 0 spiro atoms. The highest BCUT2D eigenvalue weighted by Crippen LogP contribution is 2.36. The van der Waals surface area contributed by atoms with Crippen molar-refractivity contribution in [3.05, 3.63) is 22.8 Å².